The molecule has 2 heterocycles. The number of methoxy groups -OCH3 is 1. The predicted molar refractivity (Wildman–Crippen MR) is 78.4 cm³/mol. The van der Waals surface area contributed by atoms with E-state index in [4.69, 9.17) is 9.47 Å². The summed E-state index contributed by atoms with van der Waals surface area (Å²) in [7, 11) is 1.66. The number of piperidine rings is 1. The summed E-state index contributed by atoms with van der Waals surface area (Å²) >= 11 is 0. The lowest BCUT2D eigenvalue weighted by Gasteiger charge is -2.44. The van der Waals surface area contributed by atoms with E-state index in [1.54, 1.807) is 18.1 Å². The van der Waals surface area contributed by atoms with Crippen LogP contribution in [0.5, 0.6) is 0 Å². The van der Waals surface area contributed by atoms with Crippen molar-refractivity contribution in [2.45, 2.75) is 44.8 Å². The molecule has 2 saturated heterocycles. The molecule has 0 N–H and O–H groups in total. The Morgan fingerprint density at radius 3 is 2.81 bits per heavy atom. The summed E-state index contributed by atoms with van der Waals surface area (Å²) in [5.74, 6) is -0.0165. The van der Waals surface area contributed by atoms with Crippen LogP contribution in [0.15, 0.2) is 11.6 Å². The average molecular weight is 292 g/mol. The van der Waals surface area contributed by atoms with E-state index in [1.807, 2.05) is 19.9 Å². The van der Waals surface area contributed by atoms with Crippen LogP contribution in [0.2, 0.25) is 0 Å². The zero-order valence-electron chi connectivity index (χ0n) is 13.1. The van der Waals surface area contributed by atoms with Gasteiger partial charge in [-0.2, -0.15) is 5.26 Å². The second-order valence-corrected chi connectivity index (χ2v) is 6.18. The molecule has 0 aliphatic carbocycles. The third-order valence-electron chi connectivity index (χ3n) is 4.33. The molecular formula is C16H24N2O3. The second kappa shape index (κ2) is 6.59. The Morgan fingerprint density at radius 1 is 1.52 bits per heavy atom. The molecule has 2 atom stereocenters. The van der Waals surface area contributed by atoms with E-state index in [0.717, 1.165) is 25.9 Å². The van der Waals surface area contributed by atoms with Crippen molar-refractivity contribution in [2.24, 2.45) is 5.92 Å². The van der Waals surface area contributed by atoms with Crippen LogP contribution in [0.3, 0.4) is 0 Å². The monoisotopic (exact) mass is 292 g/mol. The maximum atomic E-state index is 12.5. The number of hydrogen-bond donors (Lipinski definition) is 0. The van der Waals surface area contributed by atoms with Crippen LogP contribution >= 0.6 is 0 Å². The van der Waals surface area contributed by atoms with E-state index in [0.29, 0.717) is 13.1 Å². The minimum atomic E-state index is -0.236. The van der Waals surface area contributed by atoms with Crippen molar-refractivity contribution < 1.29 is 14.3 Å². The third-order valence-corrected chi connectivity index (χ3v) is 4.33. The summed E-state index contributed by atoms with van der Waals surface area (Å²) in [5.41, 5.74) is -0.0109. The highest BCUT2D eigenvalue weighted by atomic mass is 16.5. The zero-order chi connectivity index (χ0) is 15.5. The zero-order valence-corrected chi connectivity index (χ0v) is 13.1. The molecule has 2 aliphatic heterocycles. The van der Waals surface area contributed by atoms with Crippen molar-refractivity contribution >= 4 is 5.91 Å². The van der Waals surface area contributed by atoms with E-state index in [-0.39, 0.29) is 29.1 Å². The van der Waals surface area contributed by atoms with Crippen LogP contribution in [0, 0.1) is 17.2 Å². The molecule has 0 aromatic rings. The summed E-state index contributed by atoms with van der Waals surface area (Å²) in [5, 5.41) is 9.18. The molecule has 0 saturated carbocycles. The Balaban J connectivity index is 2.10. The third kappa shape index (κ3) is 3.28. The van der Waals surface area contributed by atoms with Crippen LogP contribution in [0.4, 0.5) is 0 Å². The maximum absolute atomic E-state index is 12.5. The molecule has 21 heavy (non-hydrogen) atoms. The van der Waals surface area contributed by atoms with Gasteiger partial charge in [-0.1, -0.05) is 19.9 Å². The molecule has 0 bridgehead atoms. The highest BCUT2D eigenvalue weighted by molar-refractivity contribution is 5.97. The fourth-order valence-electron chi connectivity index (χ4n) is 3.25. The molecule has 116 valence electrons. The van der Waals surface area contributed by atoms with E-state index >= 15 is 0 Å². The predicted octanol–water partition coefficient (Wildman–Crippen LogP) is 1.89. The van der Waals surface area contributed by atoms with Gasteiger partial charge in [0.25, 0.3) is 5.91 Å². The summed E-state index contributed by atoms with van der Waals surface area (Å²) in [6.07, 6.45) is 4.42. The first-order valence-electron chi connectivity index (χ1n) is 7.60. The van der Waals surface area contributed by atoms with Gasteiger partial charge in [0.05, 0.1) is 12.1 Å². The van der Waals surface area contributed by atoms with Gasteiger partial charge < -0.3 is 14.4 Å². The fourth-order valence-corrected chi connectivity index (χ4v) is 3.25. The van der Waals surface area contributed by atoms with Gasteiger partial charge in [0.15, 0.2) is 0 Å². The van der Waals surface area contributed by atoms with E-state index in [9.17, 15) is 10.1 Å². The molecule has 0 unspecified atom stereocenters. The maximum Gasteiger partial charge on any atom is 0.264 e. The van der Waals surface area contributed by atoms with Gasteiger partial charge in [0.2, 0.25) is 0 Å². The molecule has 5 heteroatoms. The quantitative estimate of drug-likeness (QED) is 0.588. The normalized spacial score (nSPS) is 30.0. The van der Waals surface area contributed by atoms with Gasteiger partial charge in [-0.3, -0.25) is 4.79 Å². The SMILES string of the molecule is CO[C@H]1CN(C(=O)/C(C#N)=C/C(C)C)CC[C@@]12CCCO2. The molecule has 0 aromatic carbocycles. The molecule has 2 aliphatic rings. The summed E-state index contributed by atoms with van der Waals surface area (Å²) < 4.78 is 11.5. The van der Waals surface area contributed by atoms with E-state index in [1.165, 1.54) is 0 Å². The molecule has 2 fully saturated rings. The molecule has 0 radical (unpaired) electrons. The Bertz CT molecular complexity index is 459. The second-order valence-electron chi connectivity index (χ2n) is 6.18. The van der Waals surface area contributed by atoms with Gasteiger partial charge >= 0.3 is 0 Å². The Kier molecular flexibility index (Phi) is 5.02. The molecule has 1 spiro atoms. The molecule has 5 nitrogen and oxygen atoms in total. The number of rotatable bonds is 3. The summed E-state index contributed by atoms with van der Waals surface area (Å²) in [6, 6.07) is 2.02. The minimum absolute atomic E-state index is 0.114. The van der Waals surface area contributed by atoms with Gasteiger partial charge in [0, 0.05) is 20.3 Å². The standard InChI is InChI=1S/C16H24N2O3/c1-12(2)9-13(10-17)15(19)18-7-6-16(5-4-8-21-16)14(11-18)20-3/h9,12,14H,4-8,11H2,1-3H3/b13-9+/t14-,16-/m0/s1. The van der Waals surface area contributed by atoms with Crippen LogP contribution < -0.4 is 0 Å². The van der Waals surface area contributed by atoms with Gasteiger partial charge in [-0.15, -0.1) is 0 Å². The van der Waals surface area contributed by atoms with Crippen LogP contribution in [0.25, 0.3) is 0 Å². The van der Waals surface area contributed by atoms with Gasteiger partial charge in [-0.25, -0.2) is 0 Å². The van der Waals surface area contributed by atoms with E-state index in [2.05, 4.69) is 0 Å². The molecule has 1 amide bonds. The first kappa shape index (κ1) is 16.0. The van der Waals surface area contributed by atoms with Gasteiger partial charge in [0.1, 0.15) is 17.7 Å². The topological polar surface area (TPSA) is 62.6 Å². The van der Waals surface area contributed by atoms with Crippen LogP contribution in [-0.2, 0) is 14.3 Å². The van der Waals surface area contributed by atoms with Crippen molar-refractivity contribution in [3.05, 3.63) is 11.6 Å². The highest BCUT2D eigenvalue weighted by Crippen LogP contribution is 2.37. The number of hydrogen-bond acceptors (Lipinski definition) is 4. The summed E-state index contributed by atoms with van der Waals surface area (Å²) in [6.45, 7) is 5.80. The molecule has 0 aromatic heterocycles. The fraction of sp³-hybridized carbons (Fsp3) is 0.750. The van der Waals surface area contributed by atoms with Crippen LogP contribution in [-0.4, -0.2) is 49.3 Å². The lowest BCUT2D eigenvalue weighted by Crippen LogP contribution is -2.57. The highest BCUT2D eigenvalue weighted by Gasteiger charge is 2.47. The average Bonchev–Trinajstić information content (AvgIpc) is 2.93. The summed E-state index contributed by atoms with van der Waals surface area (Å²) in [4.78, 5) is 14.2. The van der Waals surface area contributed by atoms with Crippen molar-refractivity contribution in [3.8, 4) is 6.07 Å². The number of carbonyl (C=O) groups excluding carboxylic acids is 1. The number of ether oxygens (including phenoxy) is 2. The number of carbonyl (C=O) groups is 1. The van der Waals surface area contributed by atoms with Crippen molar-refractivity contribution in [1.29, 1.82) is 5.26 Å². The first-order valence-corrected chi connectivity index (χ1v) is 7.60. The number of allylic oxidation sites excluding steroid dienone is 1. The molecular weight excluding hydrogens is 268 g/mol. The lowest BCUT2D eigenvalue weighted by atomic mass is 9.85. The van der Waals surface area contributed by atoms with Gasteiger partial charge in [-0.05, 0) is 25.2 Å². The number of nitrogens with zero attached hydrogens (tertiary/aromatic N) is 2. The number of nitriles is 1. The Morgan fingerprint density at radius 2 is 2.29 bits per heavy atom. The minimum Gasteiger partial charge on any atom is -0.377 e. The van der Waals surface area contributed by atoms with E-state index < -0.39 is 0 Å². The lowest BCUT2D eigenvalue weighted by molar-refractivity contribution is -0.155. The Hall–Kier alpha value is -1.38. The number of amides is 1. The smallest absolute Gasteiger partial charge is 0.264 e. The van der Waals surface area contributed by atoms with Crippen molar-refractivity contribution in [2.75, 3.05) is 26.8 Å². The van der Waals surface area contributed by atoms with Crippen molar-refractivity contribution in [3.63, 3.8) is 0 Å². The van der Waals surface area contributed by atoms with Crippen molar-refractivity contribution in [1.82, 2.24) is 4.90 Å². The Labute approximate surface area is 126 Å². The first-order chi connectivity index (χ1) is 10.0. The largest absolute Gasteiger partial charge is 0.377 e. The molecule has 2 rings (SSSR count). The van der Waals surface area contributed by atoms with Crippen LogP contribution in [0.1, 0.15) is 33.1 Å². The number of likely N-dealkylation sites (tertiary alicyclic amines) is 1.